The number of aliphatic imine (C=N–C) groups is 1. The van der Waals surface area contributed by atoms with Crippen LogP contribution >= 0.6 is 24.0 Å². The first-order valence-electron chi connectivity index (χ1n) is 8.11. The minimum Gasteiger partial charge on any atom is -0.492 e. The monoisotopic (exact) mass is 448 g/mol. The van der Waals surface area contributed by atoms with Crippen LogP contribution in [0.4, 0.5) is 0 Å². The third-order valence-electron chi connectivity index (χ3n) is 2.81. The van der Waals surface area contributed by atoms with E-state index < -0.39 is 0 Å². The fraction of sp³-hybridized carbons (Fsp3) is 0.529. The Hall–Kier alpha value is -1.51. The second kappa shape index (κ2) is 13.9. The van der Waals surface area contributed by atoms with Crippen LogP contribution in [0.5, 0.6) is 5.75 Å². The van der Waals surface area contributed by atoms with Gasteiger partial charge in [0.1, 0.15) is 12.4 Å². The Bertz CT molecular complexity index is 481. The zero-order valence-corrected chi connectivity index (χ0v) is 17.0. The van der Waals surface area contributed by atoms with Crippen molar-refractivity contribution in [1.29, 1.82) is 0 Å². The van der Waals surface area contributed by atoms with Gasteiger partial charge < -0.3 is 20.7 Å². The van der Waals surface area contributed by atoms with E-state index in [0.29, 0.717) is 32.1 Å². The lowest BCUT2D eigenvalue weighted by Gasteiger charge is -2.12. The number of carbonyl (C=O) groups is 1. The number of hydrogen-bond acceptors (Lipinski definition) is 3. The SMILES string of the molecule is CCNC(=NCCC(=O)NC(C)C)NCCOc1ccccc1.I. The van der Waals surface area contributed by atoms with Crippen LogP contribution in [-0.4, -0.2) is 44.1 Å². The van der Waals surface area contributed by atoms with Crippen molar-refractivity contribution in [3.05, 3.63) is 30.3 Å². The van der Waals surface area contributed by atoms with E-state index in [0.717, 1.165) is 12.3 Å². The van der Waals surface area contributed by atoms with Crippen molar-refractivity contribution in [3.8, 4) is 5.75 Å². The standard InChI is InChI=1S/C17H28N4O2.HI/c1-4-18-17(19-11-10-16(22)21-14(2)3)20-12-13-23-15-8-6-5-7-9-15;/h5-9,14H,4,10-13H2,1-3H3,(H,21,22)(H2,18,19,20);1H. The fourth-order valence-electron chi connectivity index (χ4n) is 1.86. The van der Waals surface area contributed by atoms with Crippen LogP contribution in [0.25, 0.3) is 0 Å². The Morgan fingerprint density at radius 2 is 1.92 bits per heavy atom. The van der Waals surface area contributed by atoms with Gasteiger partial charge in [-0.1, -0.05) is 18.2 Å². The topological polar surface area (TPSA) is 74.8 Å². The van der Waals surface area contributed by atoms with Gasteiger partial charge in [0.15, 0.2) is 5.96 Å². The maximum Gasteiger partial charge on any atom is 0.222 e. The Kier molecular flexibility index (Phi) is 13.0. The maximum absolute atomic E-state index is 11.6. The molecule has 0 spiro atoms. The van der Waals surface area contributed by atoms with Crippen molar-refractivity contribution in [2.24, 2.45) is 4.99 Å². The number of nitrogens with one attached hydrogen (secondary N) is 3. The first kappa shape index (κ1) is 22.5. The van der Waals surface area contributed by atoms with Crippen LogP contribution in [0, 0.1) is 0 Å². The van der Waals surface area contributed by atoms with Crippen LogP contribution in [0.1, 0.15) is 27.2 Å². The van der Waals surface area contributed by atoms with Gasteiger partial charge in [-0.15, -0.1) is 24.0 Å². The highest BCUT2D eigenvalue weighted by molar-refractivity contribution is 14.0. The summed E-state index contributed by atoms with van der Waals surface area (Å²) in [6.07, 6.45) is 0.384. The van der Waals surface area contributed by atoms with E-state index in [1.807, 2.05) is 51.1 Å². The summed E-state index contributed by atoms with van der Waals surface area (Å²) >= 11 is 0. The molecule has 3 N–H and O–H groups in total. The normalized spacial score (nSPS) is 10.8. The van der Waals surface area contributed by atoms with Gasteiger partial charge in [-0.05, 0) is 32.9 Å². The summed E-state index contributed by atoms with van der Waals surface area (Å²) in [6, 6.07) is 9.84. The summed E-state index contributed by atoms with van der Waals surface area (Å²) in [7, 11) is 0. The number of halogens is 1. The Morgan fingerprint density at radius 3 is 2.54 bits per heavy atom. The summed E-state index contributed by atoms with van der Waals surface area (Å²) in [5.74, 6) is 1.56. The quantitative estimate of drug-likeness (QED) is 0.234. The molecule has 1 rings (SSSR count). The average Bonchev–Trinajstić information content (AvgIpc) is 2.51. The number of benzene rings is 1. The molecule has 0 bridgehead atoms. The first-order chi connectivity index (χ1) is 11.1. The molecular weight excluding hydrogens is 419 g/mol. The molecule has 0 aliphatic carbocycles. The van der Waals surface area contributed by atoms with Crippen molar-refractivity contribution in [2.45, 2.75) is 33.2 Å². The van der Waals surface area contributed by atoms with E-state index in [2.05, 4.69) is 20.9 Å². The van der Waals surface area contributed by atoms with E-state index in [1.54, 1.807) is 0 Å². The number of para-hydroxylation sites is 1. The molecule has 6 nitrogen and oxygen atoms in total. The molecule has 0 atom stereocenters. The van der Waals surface area contributed by atoms with Crippen molar-refractivity contribution in [2.75, 3.05) is 26.2 Å². The van der Waals surface area contributed by atoms with E-state index in [1.165, 1.54) is 0 Å². The molecule has 0 heterocycles. The van der Waals surface area contributed by atoms with Crippen LogP contribution in [-0.2, 0) is 4.79 Å². The van der Waals surface area contributed by atoms with Gasteiger partial charge in [0.2, 0.25) is 5.91 Å². The summed E-state index contributed by atoms with van der Waals surface area (Å²) in [5.41, 5.74) is 0. The molecule has 7 heteroatoms. The van der Waals surface area contributed by atoms with Crippen LogP contribution < -0.4 is 20.7 Å². The zero-order chi connectivity index (χ0) is 16.9. The number of nitrogens with zero attached hydrogens (tertiary/aromatic N) is 1. The van der Waals surface area contributed by atoms with Crippen LogP contribution in [0.3, 0.4) is 0 Å². The molecule has 1 amide bonds. The van der Waals surface area contributed by atoms with Gasteiger partial charge in [-0.25, -0.2) is 0 Å². The second-order valence-electron chi connectivity index (χ2n) is 5.32. The summed E-state index contributed by atoms with van der Waals surface area (Å²) in [6.45, 7) is 8.29. The molecular formula is C17H29IN4O2. The molecule has 1 aromatic rings. The molecule has 0 radical (unpaired) electrons. The number of rotatable bonds is 9. The number of guanidine groups is 1. The lowest BCUT2D eigenvalue weighted by atomic mass is 10.3. The number of ether oxygens (including phenoxy) is 1. The van der Waals surface area contributed by atoms with Gasteiger partial charge in [0.05, 0.1) is 13.1 Å². The average molecular weight is 448 g/mol. The summed E-state index contributed by atoms with van der Waals surface area (Å²) < 4.78 is 5.61. The second-order valence-corrected chi connectivity index (χ2v) is 5.32. The number of hydrogen-bond donors (Lipinski definition) is 3. The van der Waals surface area contributed by atoms with Crippen molar-refractivity contribution in [1.82, 2.24) is 16.0 Å². The predicted molar refractivity (Wildman–Crippen MR) is 109 cm³/mol. The van der Waals surface area contributed by atoms with Crippen molar-refractivity contribution in [3.63, 3.8) is 0 Å². The Labute approximate surface area is 161 Å². The van der Waals surface area contributed by atoms with E-state index in [-0.39, 0.29) is 35.9 Å². The highest BCUT2D eigenvalue weighted by Gasteiger charge is 2.03. The van der Waals surface area contributed by atoms with Gasteiger partial charge in [-0.2, -0.15) is 0 Å². The molecule has 0 unspecified atom stereocenters. The molecule has 0 aromatic heterocycles. The Morgan fingerprint density at radius 1 is 1.21 bits per heavy atom. The molecule has 136 valence electrons. The summed E-state index contributed by atoms with van der Waals surface area (Å²) in [5, 5.41) is 9.18. The molecule has 0 aliphatic heterocycles. The maximum atomic E-state index is 11.6. The van der Waals surface area contributed by atoms with Gasteiger partial charge >= 0.3 is 0 Å². The molecule has 1 aromatic carbocycles. The lowest BCUT2D eigenvalue weighted by molar-refractivity contribution is -0.121. The van der Waals surface area contributed by atoms with Crippen molar-refractivity contribution < 1.29 is 9.53 Å². The largest absolute Gasteiger partial charge is 0.492 e. The first-order valence-corrected chi connectivity index (χ1v) is 8.11. The fourth-order valence-corrected chi connectivity index (χ4v) is 1.86. The summed E-state index contributed by atoms with van der Waals surface area (Å²) in [4.78, 5) is 16.0. The molecule has 0 saturated carbocycles. The van der Waals surface area contributed by atoms with Gasteiger partial charge in [-0.3, -0.25) is 9.79 Å². The van der Waals surface area contributed by atoms with Crippen LogP contribution in [0.2, 0.25) is 0 Å². The zero-order valence-electron chi connectivity index (χ0n) is 14.7. The third-order valence-corrected chi connectivity index (χ3v) is 2.81. The van der Waals surface area contributed by atoms with Gasteiger partial charge in [0.25, 0.3) is 0 Å². The molecule has 0 aliphatic rings. The lowest BCUT2D eigenvalue weighted by Crippen LogP contribution is -2.39. The van der Waals surface area contributed by atoms with E-state index in [4.69, 9.17) is 4.74 Å². The highest BCUT2D eigenvalue weighted by Crippen LogP contribution is 2.07. The molecule has 24 heavy (non-hydrogen) atoms. The van der Waals surface area contributed by atoms with Crippen molar-refractivity contribution >= 4 is 35.8 Å². The Balaban J connectivity index is 0.00000529. The number of amides is 1. The number of carbonyl (C=O) groups excluding carboxylic acids is 1. The highest BCUT2D eigenvalue weighted by atomic mass is 127. The minimum absolute atomic E-state index is 0. The smallest absolute Gasteiger partial charge is 0.222 e. The minimum atomic E-state index is 0. The van der Waals surface area contributed by atoms with E-state index >= 15 is 0 Å². The molecule has 0 saturated heterocycles. The predicted octanol–water partition coefficient (Wildman–Crippen LogP) is 2.15. The van der Waals surface area contributed by atoms with E-state index in [9.17, 15) is 4.79 Å². The van der Waals surface area contributed by atoms with Gasteiger partial charge in [0, 0.05) is 19.0 Å². The third kappa shape index (κ3) is 11.1. The van der Waals surface area contributed by atoms with Crippen LogP contribution in [0.15, 0.2) is 35.3 Å². The molecule has 0 fully saturated rings.